The van der Waals surface area contributed by atoms with Crippen molar-refractivity contribution in [2.75, 3.05) is 13.7 Å². The van der Waals surface area contributed by atoms with E-state index in [0.29, 0.717) is 23.6 Å². The van der Waals surface area contributed by atoms with Crippen molar-refractivity contribution in [3.63, 3.8) is 0 Å². The van der Waals surface area contributed by atoms with Crippen molar-refractivity contribution in [3.05, 3.63) is 64.0 Å². The highest BCUT2D eigenvalue weighted by Crippen LogP contribution is 2.43. The number of methoxy groups -OCH3 is 1. The number of carbonyl (C=O) groups is 1. The summed E-state index contributed by atoms with van der Waals surface area (Å²) in [6, 6.07) is 12.6. The molecular formula is C21H18Cl2FN3O4. The van der Waals surface area contributed by atoms with Gasteiger partial charge in [0.05, 0.1) is 7.11 Å². The van der Waals surface area contributed by atoms with Crippen LogP contribution < -0.4 is 25.7 Å². The molecule has 0 saturated carbocycles. The standard InChI is InChI=1S/C21H18Cl2FN3O4/c1-29-15-6-5-13(8-14(15)12-4-2-3-11(7-12)9-25)31-19-17(22)20(24)27-21(18(19)23)30-10-16(26)28/h2-8H,9-10,25H2,1H3,(H2,26,28). The summed E-state index contributed by atoms with van der Waals surface area (Å²) < 4.78 is 30.4. The van der Waals surface area contributed by atoms with Gasteiger partial charge in [-0.3, -0.25) is 4.79 Å². The zero-order valence-electron chi connectivity index (χ0n) is 16.3. The van der Waals surface area contributed by atoms with E-state index in [-0.39, 0.29) is 16.7 Å². The predicted octanol–water partition coefficient (Wildman–Crippen LogP) is 4.32. The number of pyridine rings is 1. The smallest absolute Gasteiger partial charge is 0.255 e. The highest BCUT2D eigenvalue weighted by atomic mass is 35.5. The zero-order chi connectivity index (χ0) is 22.5. The molecule has 1 amide bonds. The summed E-state index contributed by atoms with van der Waals surface area (Å²) in [5.74, 6) is -1.57. The van der Waals surface area contributed by atoms with Crippen molar-refractivity contribution in [1.29, 1.82) is 0 Å². The van der Waals surface area contributed by atoms with E-state index in [9.17, 15) is 9.18 Å². The van der Waals surface area contributed by atoms with Crippen LogP contribution in [-0.4, -0.2) is 24.6 Å². The molecule has 4 N–H and O–H groups in total. The number of ether oxygens (including phenoxy) is 3. The van der Waals surface area contributed by atoms with Crippen LogP contribution in [0.1, 0.15) is 5.56 Å². The molecule has 10 heteroatoms. The number of hydrogen-bond donors (Lipinski definition) is 2. The van der Waals surface area contributed by atoms with Gasteiger partial charge < -0.3 is 25.7 Å². The quantitative estimate of drug-likeness (QED) is 0.479. The molecule has 2 aromatic carbocycles. The van der Waals surface area contributed by atoms with Gasteiger partial charge in [-0.2, -0.15) is 9.37 Å². The van der Waals surface area contributed by atoms with Crippen LogP contribution in [0.3, 0.4) is 0 Å². The second-order valence-corrected chi connectivity index (χ2v) is 7.04. The highest BCUT2D eigenvalue weighted by Gasteiger charge is 2.22. The number of primary amides is 1. The number of carbonyl (C=O) groups excluding carboxylic acids is 1. The van der Waals surface area contributed by atoms with Crippen LogP contribution in [0.2, 0.25) is 10.0 Å². The molecule has 3 aromatic rings. The Bertz CT molecular complexity index is 1130. The fourth-order valence-corrected chi connectivity index (χ4v) is 3.21. The van der Waals surface area contributed by atoms with Gasteiger partial charge in [-0.1, -0.05) is 41.4 Å². The van der Waals surface area contributed by atoms with Crippen molar-refractivity contribution in [1.82, 2.24) is 4.98 Å². The Balaban J connectivity index is 2.02. The molecule has 0 fully saturated rings. The first kappa shape index (κ1) is 22.6. The summed E-state index contributed by atoms with van der Waals surface area (Å²) in [6.45, 7) is -0.167. The number of halogens is 3. The minimum Gasteiger partial charge on any atom is -0.496 e. The van der Waals surface area contributed by atoms with Gasteiger partial charge >= 0.3 is 0 Å². The number of hydrogen-bond acceptors (Lipinski definition) is 6. The van der Waals surface area contributed by atoms with E-state index in [1.165, 1.54) is 0 Å². The summed E-state index contributed by atoms with van der Waals surface area (Å²) in [4.78, 5) is 14.4. The lowest BCUT2D eigenvalue weighted by molar-refractivity contribution is -0.120. The van der Waals surface area contributed by atoms with E-state index < -0.39 is 23.5 Å². The summed E-state index contributed by atoms with van der Waals surface area (Å²) in [5.41, 5.74) is 13.3. The first-order valence-corrected chi connectivity index (χ1v) is 9.70. The van der Waals surface area contributed by atoms with Crippen LogP contribution in [-0.2, 0) is 11.3 Å². The number of benzene rings is 2. The number of aromatic nitrogens is 1. The largest absolute Gasteiger partial charge is 0.496 e. The third-order valence-corrected chi connectivity index (χ3v) is 4.84. The fourth-order valence-electron chi connectivity index (χ4n) is 2.76. The van der Waals surface area contributed by atoms with Crippen LogP contribution in [0.5, 0.6) is 23.1 Å². The average molecular weight is 466 g/mol. The molecule has 1 aromatic heterocycles. The molecule has 3 rings (SSSR count). The first-order chi connectivity index (χ1) is 14.8. The Morgan fingerprint density at radius 1 is 1.16 bits per heavy atom. The fraction of sp³-hybridized carbons (Fsp3) is 0.143. The van der Waals surface area contributed by atoms with Gasteiger partial charge in [0.1, 0.15) is 21.5 Å². The van der Waals surface area contributed by atoms with Gasteiger partial charge in [-0.05, 0) is 35.4 Å². The third kappa shape index (κ3) is 5.16. The van der Waals surface area contributed by atoms with Crippen LogP contribution in [0.25, 0.3) is 11.1 Å². The summed E-state index contributed by atoms with van der Waals surface area (Å²) in [5, 5.41) is -0.658. The molecule has 162 valence electrons. The van der Waals surface area contributed by atoms with E-state index in [4.69, 9.17) is 48.9 Å². The molecule has 0 aliphatic heterocycles. The van der Waals surface area contributed by atoms with Gasteiger partial charge in [0.15, 0.2) is 12.4 Å². The van der Waals surface area contributed by atoms with E-state index in [2.05, 4.69) is 4.98 Å². The van der Waals surface area contributed by atoms with Gasteiger partial charge in [0.25, 0.3) is 5.91 Å². The maximum atomic E-state index is 14.2. The van der Waals surface area contributed by atoms with E-state index >= 15 is 0 Å². The van der Waals surface area contributed by atoms with Crippen molar-refractivity contribution >= 4 is 29.1 Å². The summed E-state index contributed by atoms with van der Waals surface area (Å²) in [6.07, 6.45) is 0. The SMILES string of the molecule is COc1ccc(Oc2c(Cl)c(F)nc(OCC(N)=O)c2Cl)cc1-c1cccc(CN)c1. The summed E-state index contributed by atoms with van der Waals surface area (Å²) >= 11 is 12.2. The van der Waals surface area contributed by atoms with E-state index in [0.717, 1.165) is 11.1 Å². The first-order valence-electron chi connectivity index (χ1n) is 8.95. The number of amides is 1. The van der Waals surface area contributed by atoms with Gasteiger partial charge in [0, 0.05) is 12.1 Å². The zero-order valence-corrected chi connectivity index (χ0v) is 17.8. The Hall–Kier alpha value is -3.07. The molecule has 0 spiro atoms. The molecule has 1 heterocycles. The van der Waals surface area contributed by atoms with Crippen molar-refractivity contribution in [3.8, 4) is 34.3 Å². The predicted molar refractivity (Wildman–Crippen MR) is 115 cm³/mol. The maximum absolute atomic E-state index is 14.2. The molecule has 0 radical (unpaired) electrons. The van der Waals surface area contributed by atoms with Crippen LogP contribution >= 0.6 is 23.2 Å². The van der Waals surface area contributed by atoms with Crippen LogP contribution in [0.4, 0.5) is 4.39 Å². The number of rotatable bonds is 8. The van der Waals surface area contributed by atoms with E-state index in [1.807, 2.05) is 24.3 Å². The highest BCUT2D eigenvalue weighted by molar-refractivity contribution is 6.37. The van der Waals surface area contributed by atoms with E-state index in [1.54, 1.807) is 25.3 Å². The topological polar surface area (TPSA) is 110 Å². The molecular weight excluding hydrogens is 448 g/mol. The van der Waals surface area contributed by atoms with Crippen LogP contribution in [0, 0.1) is 5.95 Å². The molecule has 7 nitrogen and oxygen atoms in total. The van der Waals surface area contributed by atoms with Gasteiger partial charge in [-0.15, -0.1) is 0 Å². The lowest BCUT2D eigenvalue weighted by atomic mass is 10.0. The molecule has 0 aliphatic carbocycles. The van der Waals surface area contributed by atoms with Crippen molar-refractivity contribution < 1.29 is 23.4 Å². The second-order valence-electron chi connectivity index (χ2n) is 6.29. The van der Waals surface area contributed by atoms with Gasteiger partial charge in [0.2, 0.25) is 11.8 Å². The molecule has 0 unspecified atom stereocenters. The summed E-state index contributed by atoms with van der Waals surface area (Å²) in [7, 11) is 1.54. The second kappa shape index (κ2) is 9.82. The minimum atomic E-state index is -1.08. The Labute approximate surface area is 187 Å². The Kier molecular flexibility index (Phi) is 7.17. The number of nitrogens with zero attached hydrogens (tertiary/aromatic N) is 1. The lowest BCUT2D eigenvalue weighted by Crippen LogP contribution is -2.20. The van der Waals surface area contributed by atoms with Crippen LogP contribution in [0.15, 0.2) is 42.5 Å². The average Bonchev–Trinajstić information content (AvgIpc) is 2.78. The lowest BCUT2D eigenvalue weighted by Gasteiger charge is -2.15. The molecule has 0 aliphatic rings. The molecule has 0 saturated heterocycles. The molecule has 31 heavy (non-hydrogen) atoms. The Morgan fingerprint density at radius 2 is 1.94 bits per heavy atom. The molecule has 0 atom stereocenters. The maximum Gasteiger partial charge on any atom is 0.255 e. The normalized spacial score (nSPS) is 10.6. The van der Waals surface area contributed by atoms with Crippen molar-refractivity contribution in [2.45, 2.75) is 6.54 Å². The molecule has 0 bridgehead atoms. The number of nitrogens with two attached hydrogens (primary N) is 2. The third-order valence-electron chi connectivity index (χ3n) is 4.18. The monoisotopic (exact) mass is 465 g/mol. The van der Waals surface area contributed by atoms with Gasteiger partial charge in [-0.25, -0.2) is 0 Å². The Morgan fingerprint density at radius 3 is 2.61 bits per heavy atom. The van der Waals surface area contributed by atoms with Crippen molar-refractivity contribution in [2.24, 2.45) is 11.5 Å². The minimum absolute atomic E-state index is 0.213.